The first kappa shape index (κ1) is 20.0. The molecule has 0 fully saturated rings. The Labute approximate surface area is 161 Å². The van der Waals surface area contributed by atoms with Gasteiger partial charge in [-0.3, -0.25) is 4.79 Å². The maximum Gasteiger partial charge on any atom is 0.277 e. The van der Waals surface area contributed by atoms with Gasteiger partial charge in [0, 0.05) is 10.5 Å². The van der Waals surface area contributed by atoms with Crippen LogP contribution in [0.2, 0.25) is 0 Å². The van der Waals surface area contributed by atoms with Crippen LogP contribution < -0.4 is 5.32 Å². The molecule has 5 nitrogen and oxygen atoms in total. The van der Waals surface area contributed by atoms with E-state index in [1.807, 2.05) is 31.2 Å². The van der Waals surface area contributed by atoms with Gasteiger partial charge >= 0.3 is 0 Å². The number of halogens is 1. The summed E-state index contributed by atoms with van der Waals surface area (Å²) in [7, 11) is 0. The van der Waals surface area contributed by atoms with E-state index in [4.69, 9.17) is 4.42 Å². The van der Waals surface area contributed by atoms with E-state index in [1.165, 1.54) is 18.2 Å². The van der Waals surface area contributed by atoms with Crippen LogP contribution in [0.5, 0.6) is 0 Å². The summed E-state index contributed by atoms with van der Waals surface area (Å²) in [6, 6.07) is 7.83. The molecule has 1 aromatic heterocycles. The highest BCUT2D eigenvalue weighted by Gasteiger charge is 2.14. The number of thioether (sulfide) groups is 1. The van der Waals surface area contributed by atoms with Gasteiger partial charge in [-0.05, 0) is 47.3 Å². The molecule has 25 heavy (non-hydrogen) atoms. The Hall–Kier alpha value is -1.34. The lowest BCUT2D eigenvalue weighted by Crippen LogP contribution is -2.33. The number of hydrogen-bond acceptors (Lipinski definition) is 5. The molecule has 0 aliphatic rings. The van der Waals surface area contributed by atoms with Crippen molar-refractivity contribution < 1.29 is 9.21 Å². The zero-order valence-electron chi connectivity index (χ0n) is 14.8. The summed E-state index contributed by atoms with van der Waals surface area (Å²) in [5.41, 5.74) is 0.838. The van der Waals surface area contributed by atoms with Gasteiger partial charge in [0.05, 0.1) is 11.3 Å². The van der Waals surface area contributed by atoms with Gasteiger partial charge in [-0.1, -0.05) is 50.6 Å². The average molecular weight is 426 g/mol. The first-order valence-electron chi connectivity index (χ1n) is 8.46. The van der Waals surface area contributed by atoms with Crippen molar-refractivity contribution in [2.24, 2.45) is 5.92 Å². The Kier molecular flexibility index (Phi) is 7.96. The zero-order chi connectivity index (χ0) is 18.2. The summed E-state index contributed by atoms with van der Waals surface area (Å²) >= 11 is 4.72. The highest BCUT2D eigenvalue weighted by Crippen LogP contribution is 2.28. The molecule has 0 aliphatic heterocycles. The predicted octanol–water partition coefficient (Wildman–Crippen LogP) is 4.92. The molecule has 0 saturated heterocycles. The molecule has 0 spiro atoms. The van der Waals surface area contributed by atoms with E-state index in [9.17, 15) is 4.79 Å². The number of benzene rings is 1. The Balaban J connectivity index is 1.78. The smallest absolute Gasteiger partial charge is 0.277 e. The summed E-state index contributed by atoms with van der Waals surface area (Å²) in [4.78, 5) is 12.0. The molecule has 1 atom stereocenters. The molecule has 1 amide bonds. The minimum absolute atomic E-state index is 0.0114. The van der Waals surface area contributed by atoms with Crippen LogP contribution in [-0.4, -0.2) is 27.9 Å². The molecule has 0 aliphatic carbocycles. The third kappa shape index (κ3) is 6.82. The van der Waals surface area contributed by atoms with Crippen molar-refractivity contribution in [3.63, 3.8) is 0 Å². The van der Waals surface area contributed by atoms with Crippen LogP contribution in [0.15, 0.2) is 38.4 Å². The average Bonchev–Trinajstić information content (AvgIpc) is 3.01. The number of amides is 1. The first-order chi connectivity index (χ1) is 12.0. The van der Waals surface area contributed by atoms with Gasteiger partial charge in [0.25, 0.3) is 5.22 Å². The molecular weight excluding hydrogens is 402 g/mol. The van der Waals surface area contributed by atoms with Gasteiger partial charge in [0.1, 0.15) is 0 Å². The molecule has 2 aromatic rings. The van der Waals surface area contributed by atoms with Gasteiger partial charge in [0.15, 0.2) is 0 Å². The van der Waals surface area contributed by atoms with Gasteiger partial charge in [-0.2, -0.15) is 0 Å². The normalized spacial score (nSPS) is 12.4. The molecule has 1 aromatic carbocycles. The Morgan fingerprint density at radius 3 is 2.72 bits per heavy atom. The standard InChI is InChI=1S/C18H24BrN3O2S/c1-12(2)7-6-8-13(3)20-16(23)11-25-18-22-21-17(24-18)14-9-4-5-10-15(14)19/h4-5,9-10,12-13H,6-8,11H2,1-3H3,(H,20,23). The number of carbonyl (C=O) groups excluding carboxylic acids is 1. The van der Waals surface area contributed by atoms with Gasteiger partial charge < -0.3 is 9.73 Å². The SMILES string of the molecule is CC(C)CCCC(C)NC(=O)CSc1nnc(-c2ccccc2Br)o1. The van der Waals surface area contributed by atoms with Crippen molar-refractivity contribution in [3.05, 3.63) is 28.7 Å². The van der Waals surface area contributed by atoms with Crippen LogP contribution in [0.1, 0.15) is 40.0 Å². The topological polar surface area (TPSA) is 68.0 Å². The van der Waals surface area contributed by atoms with E-state index in [0.29, 0.717) is 17.0 Å². The third-order valence-corrected chi connectivity index (χ3v) is 5.17. The highest BCUT2D eigenvalue weighted by molar-refractivity contribution is 9.10. The van der Waals surface area contributed by atoms with Crippen molar-refractivity contribution in [3.8, 4) is 11.5 Å². The fourth-order valence-electron chi connectivity index (χ4n) is 2.36. The second kappa shape index (κ2) is 9.97. The molecule has 1 unspecified atom stereocenters. The minimum atomic E-state index is -0.0114. The van der Waals surface area contributed by atoms with Crippen LogP contribution in [0.25, 0.3) is 11.5 Å². The molecule has 1 N–H and O–H groups in total. The van der Waals surface area contributed by atoms with Gasteiger partial charge in [0.2, 0.25) is 11.8 Å². The summed E-state index contributed by atoms with van der Waals surface area (Å²) in [6.45, 7) is 6.47. The fourth-order valence-corrected chi connectivity index (χ4v) is 3.39. The number of hydrogen-bond donors (Lipinski definition) is 1. The van der Waals surface area contributed by atoms with Crippen LogP contribution in [0.4, 0.5) is 0 Å². The Bertz CT molecular complexity index is 690. The Morgan fingerprint density at radius 1 is 1.24 bits per heavy atom. The van der Waals surface area contributed by atoms with Crippen molar-refractivity contribution in [2.75, 3.05) is 5.75 Å². The van der Waals surface area contributed by atoms with E-state index in [1.54, 1.807) is 0 Å². The lowest BCUT2D eigenvalue weighted by molar-refractivity contribution is -0.119. The second-order valence-electron chi connectivity index (χ2n) is 6.43. The second-order valence-corrected chi connectivity index (χ2v) is 8.22. The zero-order valence-corrected chi connectivity index (χ0v) is 17.2. The molecule has 7 heteroatoms. The third-order valence-electron chi connectivity index (χ3n) is 3.66. The molecule has 0 saturated carbocycles. The molecular formula is C18H24BrN3O2S. The predicted molar refractivity (Wildman–Crippen MR) is 104 cm³/mol. The van der Waals surface area contributed by atoms with E-state index in [0.717, 1.165) is 22.9 Å². The lowest BCUT2D eigenvalue weighted by atomic mass is 10.0. The van der Waals surface area contributed by atoms with Crippen molar-refractivity contribution in [2.45, 2.75) is 51.3 Å². The summed E-state index contributed by atoms with van der Waals surface area (Å²) in [6.07, 6.45) is 3.32. The number of nitrogens with one attached hydrogen (secondary N) is 1. The quantitative estimate of drug-likeness (QED) is 0.577. The molecule has 136 valence electrons. The summed E-state index contributed by atoms with van der Waals surface area (Å²) in [5.74, 6) is 1.40. The van der Waals surface area contributed by atoms with Crippen LogP contribution in [-0.2, 0) is 4.79 Å². The van der Waals surface area contributed by atoms with Gasteiger partial charge in [-0.15, -0.1) is 10.2 Å². The summed E-state index contributed by atoms with van der Waals surface area (Å²) in [5, 5.41) is 11.5. The summed E-state index contributed by atoms with van der Waals surface area (Å²) < 4.78 is 6.52. The maximum atomic E-state index is 12.0. The van der Waals surface area contributed by atoms with Crippen LogP contribution in [0.3, 0.4) is 0 Å². The Morgan fingerprint density at radius 2 is 2.00 bits per heavy atom. The maximum absolute atomic E-state index is 12.0. The highest BCUT2D eigenvalue weighted by atomic mass is 79.9. The fraction of sp³-hybridized carbons (Fsp3) is 0.500. The largest absolute Gasteiger partial charge is 0.411 e. The van der Waals surface area contributed by atoms with Crippen molar-refractivity contribution in [1.82, 2.24) is 15.5 Å². The van der Waals surface area contributed by atoms with E-state index >= 15 is 0 Å². The van der Waals surface area contributed by atoms with Crippen molar-refractivity contribution in [1.29, 1.82) is 0 Å². The van der Waals surface area contributed by atoms with E-state index in [-0.39, 0.29) is 17.7 Å². The first-order valence-corrected chi connectivity index (χ1v) is 10.2. The number of rotatable bonds is 9. The number of nitrogens with zero attached hydrogens (tertiary/aromatic N) is 2. The van der Waals surface area contributed by atoms with Gasteiger partial charge in [-0.25, -0.2) is 0 Å². The molecule has 0 bridgehead atoms. The molecule has 0 radical (unpaired) electrons. The van der Waals surface area contributed by atoms with Crippen LogP contribution >= 0.6 is 27.7 Å². The van der Waals surface area contributed by atoms with Crippen LogP contribution in [0, 0.1) is 5.92 Å². The van der Waals surface area contributed by atoms with Crippen molar-refractivity contribution >= 4 is 33.6 Å². The lowest BCUT2D eigenvalue weighted by Gasteiger charge is -2.14. The molecule has 2 rings (SSSR count). The van der Waals surface area contributed by atoms with E-state index < -0.39 is 0 Å². The monoisotopic (exact) mass is 425 g/mol. The van der Waals surface area contributed by atoms with E-state index in [2.05, 4.69) is 45.3 Å². The number of carbonyl (C=O) groups is 1. The minimum Gasteiger partial charge on any atom is -0.411 e. The molecule has 1 heterocycles. The number of aromatic nitrogens is 2.